The van der Waals surface area contributed by atoms with E-state index in [9.17, 15) is 4.79 Å². The van der Waals surface area contributed by atoms with Gasteiger partial charge in [0.25, 0.3) is 0 Å². The van der Waals surface area contributed by atoms with Crippen molar-refractivity contribution in [3.8, 4) is 0 Å². The first-order valence-corrected chi connectivity index (χ1v) is 7.77. The standard InChI is InChI=1S/C15H22N6O2/c1-15(2,3)23-14(22)21-6-4-5-9(7-21)10-11-12(20-19-10)13(16)18-8-17-11/h8-9H,4-7H2,1-3H3,(H,19,20)(H2,16,17,18). The maximum absolute atomic E-state index is 12.3. The summed E-state index contributed by atoms with van der Waals surface area (Å²) in [4.78, 5) is 22.3. The molecule has 3 rings (SSSR count). The number of likely N-dealkylation sites (tertiary alicyclic amines) is 1. The average Bonchev–Trinajstić information content (AvgIpc) is 2.91. The van der Waals surface area contributed by atoms with Crippen LogP contribution in [0.4, 0.5) is 10.6 Å². The van der Waals surface area contributed by atoms with E-state index in [1.165, 1.54) is 6.33 Å². The lowest BCUT2D eigenvalue weighted by Crippen LogP contribution is -2.42. The molecular weight excluding hydrogens is 296 g/mol. The lowest BCUT2D eigenvalue weighted by atomic mass is 9.94. The fourth-order valence-electron chi connectivity index (χ4n) is 2.86. The Kier molecular flexibility index (Phi) is 3.83. The van der Waals surface area contributed by atoms with Crippen LogP contribution in [0.15, 0.2) is 6.33 Å². The average molecular weight is 318 g/mol. The van der Waals surface area contributed by atoms with Crippen LogP contribution in [0.2, 0.25) is 0 Å². The lowest BCUT2D eigenvalue weighted by molar-refractivity contribution is 0.0197. The number of hydrogen-bond donors (Lipinski definition) is 2. The maximum Gasteiger partial charge on any atom is 0.410 e. The van der Waals surface area contributed by atoms with E-state index in [4.69, 9.17) is 10.5 Å². The molecule has 2 aromatic heterocycles. The number of aromatic nitrogens is 4. The van der Waals surface area contributed by atoms with Crippen molar-refractivity contribution in [2.75, 3.05) is 18.8 Å². The van der Waals surface area contributed by atoms with Gasteiger partial charge in [-0.3, -0.25) is 5.10 Å². The maximum atomic E-state index is 12.3. The number of piperidine rings is 1. The van der Waals surface area contributed by atoms with E-state index in [0.717, 1.165) is 24.1 Å². The third-order valence-corrected chi connectivity index (χ3v) is 3.88. The van der Waals surface area contributed by atoms with Gasteiger partial charge in [0, 0.05) is 19.0 Å². The van der Waals surface area contributed by atoms with E-state index in [0.29, 0.717) is 24.4 Å². The molecule has 1 saturated heterocycles. The highest BCUT2D eigenvalue weighted by Crippen LogP contribution is 2.31. The van der Waals surface area contributed by atoms with Crippen molar-refractivity contribution >= 4 is 22.9 Å². The van der Waals surface area contributed by atoms with Crippen molar-refractivity contribution in [2.24, 2.45) is 0 Å². The summed E-state index contributed by atoms with van der Waals surface area (Å²) in [6, 6.07) is 0. The van der Waals surface area contributed by atoms with E-state index in [1.807, 2.05) is 20.8 Å². The van der Waals surface area contributed by atoms with Crippen LogP contribution in [0.25, 0.3) is 11.0 Å². The fourth-order valence-corrected chi connectivity index (χ4v) is 2.86. The Morgan fingerprint density at radius 2 is 2.17 bits per heavy atom. The summed E-state index contributed by atoms with van der Waals surface area (Å²) in [6.07, 6.45) is 3.02. The van der Waals surface area contributed by atoms with Crippen LogP contribution in [0.5, 0.6) is 0 Å². The number of nitrogens with one attached hydrogen (secondary N) is 1. The molecule has 1 amide bonds. The molecule has 2 aromatic rings. The highest BCUT2D eigenvalue weighted by atomic mass is 16.6. The summed E-state index contributed by atoms with van der Waals surface area (Å²) in [5.41, 5.74) is 7.55. The Labute approximate surface area is 134 Å². The van der Waals surface area contributed by atoms with Crippen molar-refractivity contribution in [1.29, 1.82) is 0 Å². The Hall–Kier alpha value is -2.38. The van der Waals surface area contributed by atoms with Crippen LogP contribution in [0.3, 0.4) is 0 Å². The lowest BCUT2D eigenvalue weighted by Gasteiger charge is -2.33. The summed E-state index contributed by atoms with van der Waals surface area (Å²) in [7, 11) is 0. The van der Waals surface area contributed by atoms with Crippen LogP contribution in [0.1, 0.15) is 45.2 Å². The molecule has 1 atom stereocenters. The minimum Gasteiger partial charge on any atom is -0.444 e. The molecule has 1 aliphatic rings. The summed E-state index contributed by atoms with van der Waals surface area (Å²) < 4.78 is 5.47. The van der Waals surface area contributed by atoms with Crippen LogP contribution in [-0.2, 0) is 4.74 Å². The molecule has 1 aliphatic heterocycles. The first kappa shape index (κ1) is 15.5. The molecule has 0 aromatic carbocycles. The summed E-state index contributed by atoms with van der Waals surface area (Å²) in [5.74, 6) is 0.493. The third kappa shape index (κ3) is 3.20. The first-order chi connectivity index (χ1) is 10.8. The summed E-state index contributed by atoms with van der Waals surface area (Å²) in [6.45, 7) is 6.89. The molecule has 23 heavy (non-hydrogen) atoms. The van der Waals surface area contributed by atoms with Gasteiger partial charge in [0.15, 0.2) is 11.3 Å². The highest BCUT2D eigenvalue weighted by Gasteiger charge is 2.30. The van der Waals surface area contributed by atoms with Gasteiger partial charge in [0.2, 0.25) is 0 Å². The number of amides is 1. The van der Waals surface area contributed by atoms with E-state index >= 15 is 0 Å². The number of nitrogens with zero attached hydrogens (tertiary/aromatic N) is 4. The number of carbonyl (C=O) groups is 1. The number of aromatic amines is 1. The van der Waals surface area contributed by atoms with Crippen molar-refractivity contribution in [3.05, 3.63) is 12.0 Å². The minimum atomic E-state index is -0.494. The van der Waals surface area contributed by atoms with E-state index < -0.39 is 5.60 Å². The second-order valence-corrected chi connectivity index (χ2v) is 6.86. The van der Waals surface area contributed by atoms with Crippen molar-refractivity contribution in [1.82, 2.24) is 25.1 Å². The number of ether oxygens (including phenoxy) is 1. The Morgan fingerprint density at radius 1 is 1.39 bits per heavy atom. The van der Waals surface area contributed by atoms with Gasteiger partial charge in [-0.25, -0.2) is 14.8 Å². The second-order valence-electron chi connectivity index (χ2n) is 6.86. The summed E-state index contributed by atoms with van der Waals surface area (Å²) >= 11 is 0. The fraction of sp³-hybridized carbons (Fsp3) is 0.600. The molecule has 0 bridgehead atoms. The van der Waals surface area contributed by atoms with E-state index in [-0.39, 0.29) is 12.0 Å². The predicted molar refractivity (Wildman–Crippen MR) is 85.9 cm³/mol. The zero-order chi connectivity index (χ0) is 16.6. The quantitative estimate of drug-likeness (QED) is 0.832. The Morgan fingerprint density at radius 3 is 2.91 bits per heavy atom. The molecule has 0 radical (unpaired) electrons. The number of fused-ring (bicyclic) bond motifs is 1. The molecule has 1 unspecified atom stereocenters. The largest absolute Gasteiger partial charge is 0.444 e. The molecule has 8 nitrogen and oxygen atoms in total. The smallest absolute Gasteiger partial charge is 0.410 e. The molecule has 8 heteroatoms. The van der Waals surface area contributed by atoms with Gasteiger partial charge in [-0.2, -0.15) is 5.10 Å². The van der Waals surface area contributed by atoms with Gasteiger partial charge in [-0.15, -0.1) is 0 Å². The van der Waals surface area contributed by atoms with Crippen molar-refractivity contribution in [3.63, 3.8) is 0 Å². The molecular formula is C15H22N6O2. The monoisotopic (exact) mass is 318 g/mol. The molecule has 3 heterocycles. The molecule has 3 N–H and O–H groups in total. The number of rotatable bonds is 1. The molecule has 124 valence electrons. The van der Waals surface area contributed by atoms with Gasteiger partial charge in [-0.1, -0.05) is 0 Å². The number of anilines is 1. The Balaban J connectivity index is 1.80. The van der Waals surface area contributed by atoms with Crippen LogP contribution < -0.4 is 5.73 Å². The third-order valence-electron chi connectivity index (χ3n) is 3.88. The SMILES string of the molecule is CC(C)(C)OC(=O)N1CCCC(c2[nH]nc3c(N)ncnc23)C1. The van der Waals surface area contributed by atoms with Crippen LogP contribution in [-0.4, -0.2) is 49.8 Å². The Bertz CT molecular complexity index is 720. The predicted octanol–water partition coefficient (Wildman–Crippen LogP) is 2.05. The minimum absolute atomic E-state index is 0.135. The number of hydrogen-bond acceptors (Lipinski definition) is 6. The summed E-state index contributed by atoms with van der Waals surface area (Å²) in [5, 5.41) is 7.23. The van der Waals surface area contributed by atoms with Crippen molar-refractivity contribution < 1.29 is 9.53 Å². The number of H-pyrrole nitrogens is 1. The van der Waals surface area contributed by atoms with Gasteiger partial charge < -0.3 is 15.4 Å². The normalized spacial score (nSPS) is 19.1. The van der Waals surface area contributed by atoms with Crippen LogP contribution >= 0.6 is 0 Å². The second kappa shape index (κ2) is 5.68. The van der Waals surface area contributed by atoms with Gasteiger partial charge >= 0.3 is 6.09 Å². The molecule has 1 fully saturated rings. The first-order valence-electron chi connectivity index (χ1n) is 7.77. The van der Waals surface area contributed by atoms with Crippen LogP contribution in [0, 0.1) is 0 Å². The van der Waals surface area contributed by atoms with Crippen molar-refractivity contribution in [2.45, 2.75) is 45.1 Å². The van der Waals surface area contributed by atoms with E-state index in [2.05, 4.69) is 20.2 Å². The molecule has 0 spiro atoms. The molecule has 0 aliphatic carbocycles. The number of nitrogens with two attached hydrogens (primary N) is 1. The zero-order valence-electron chi connectivity index (χ0n) is 13.7. The number of carbonyl (C=O) groups excluding carboxylic acids is 1. The van der Waals surface area contributed by atoms with E-state index in [1.54, 1.807) is 4.90 Å². The highest BCUT2D eigenvalue weighted by molar-refractivity contribution is 5.85. The van der Waals surface area contributed by atoms with Gasteiger partial charge in [0.1, 0.15) is 17.4 Å². The van der Waals surface area contributed by atoms with Gasteiger partial charge in [-0.05, 0) is 33.6 Å². The number of nitrogen functional groups attached to an aromatic ring is 1. The van der Waals surface area contributed by atoms with Gasteiger partial charge in [0.05, 0.1) is 5.69 Å². The zero-order valence-corrected chi connectivity index (χ0v) is 13.7. The topological polar surface area (TPSA) is 110 Å². The molecule has 0 saturated carbocycles.